The van der Waals surface area contributed by atoms with Gasteiger partial charge in [-0.3, -0.25) is 5.43 Å². The van der Waals surface area contributed by atoms with Crippen LogP contribution in [0, 0.1) is 0 Å². The normalized spacial score (nSPS) is 11.7. The number of hydrazone groups is 1. The average molecular weight is 531 g/mol. The first kappa shape index (κ1) is 25.4. The molecule has 11 heteroatoms. The number of aromatic nitrogens is 1. The number of para-hydroxylation sites is 1. The highest BCUT2D eigenvalue weighted by Gasteiger charge is 2.31. The lowest BCUT2D eigenvalue weighted by Crippen LogP contribution is -2.24. The number of thiocarbonyl (C=S) groups is 1. The smallest absolute Gasteiger partial charge is 0.431 e. The second-order valence-electron chi connectivity index (χ2n) is 7.89. The Kier molecular flexibility index (Phi) is 7.70. The molecular weight excluding hydrogens is 509 g/mol. The maximum absolute atomic E-state index is 12.3. The number of nitrogens with zero attached hydrogens (tertiary/aromatic N) is 2. The van der Waals surface area contributed by atoms with Crippen LogP contribution in [-0.2, 0) is 0 Å². The lowest BCUT2D eigenvalue weighted by atomic mass is 10.0. The van der Waals surface area contributed by atoms with E-state index >= 15 is 0 Å². The molecule has 0 aliphatic carbocycles. The Morgan fingerprint density at radius 3 is 2.50 bits per heavy atom. The van der Waals surface area contributed by atoms with E-state index in [1.165, 1.54) is 35.6 Å². The molecule has 0 bridgehead atoms. The standard InChI is InChI=1S/C25H21F3N4O2S2/c1-15(2)19-5-3-4-6-20(19)30-23(35)32-29-14-16-7-12-22-21(13-16)31-24(36-22)33-17-8-10-18(11-9-17)34-25(26,27)28/h3-15H,1-2H3,(H2,30,32,35). The fraction of sp³-hybridized carbons (Fsp3) is 0.160. The van der Waals surface area contributed by atoms with Crippen molar-refractivity contribution >= 4 is 50.8 Å². The van der Waals surface area contributed by atoms with Gasteiger partial charge in [-0.15, -0.1) is 13.2 Å². The van der Waals surface area contributed by atoms with Crippen LogP contribution in [0.2, 0.25) is 0 Å². The van der Waals surface area contributed by atoms with Gasteiger partial charge in [0.05, 0.1) is 16.4 Å². The van der Waals surface area contributed by atoms with Crippen molar-refractivity contribution in [2.75, 3.05) is 5.32 Å². The van der Waals surface area contributed by atoms with Gasteiger partial charge in [0.15, 0.2) is 5.11 Å². The predicted octanol–water partition coefficient (Wildman–Crippen LogP) is 7.43. The molecular formula is C25H21F3N4O2S2. The van der Waals surface area contributed by atoms with E-state index in [-0.39, 0.29) is 5.75 Å². The van der Waals surface area contributed by atoms with Gasteiger partial charge < -0.3 is 14.8 Å². The molecule has 0 fully saturated rings. The zero-order valence-corrected chi connectivity index (χ0v) is 20.8. The minimum absolute atomic E-state index is 0.324. The molecule has 4 rings (SSSR count). The summed E-state index contributed by atoms with van der Waals surface area (Å²) < 4.78 is 47.3. The third-order valence-electron chi connectivity index (χ3n) is 4.87. The highest BCUT2D eigenvalue weighted by molar-refractivity contribution is 7.80. The van der Waals surface area contributed by atoms with Crippen LogP contribution in [0.25, 0.3) is 10.2 Å². The summed E-state index contributed by atoms with van der Waals surface area (Å²) in [6.45, 7) is 4.23. The monoisotopic (exact) mass is 530 g/mol. The van der Waals surface area contributed by atoms with Crippen molar-refractivity contribution in [2.45, 2.75) is 26.1 Å². The minimum atomic E-state index is -4.74. The summed E-state index contributed by atoms with van der Waals surface area (Å²) in [4.78, 5) is 4.44. The Morgan fingerprint density at radius 2 is 1.78 bits per heavy atom. The number of hydrogen-bond donors (Lipinski definition) is 2. The second kappa shape index (κ2) is 10.9. The zero-order valence-electron chi connectivity index (χ0n) is 19.2. The Labute approximate surface area is 214 Å². The van der Waals surface area contributed by atoms with Crippen LogP contribution in [0.3, 0.4) is 0 Å². The summed E-state index contributed by atoms with van der Waals surface area (Å²) in [7, 11) is 0. The summed E-state index contributed by atoms with van der Waals surface area (Å²) in [6.07, 6.45) is -3.12. The highest BCUT2D eigenvalue weighted by Crippen LogP contribution is 2.33. The van der Waals surface area contributed by atoms with Crippen LogP contribution in [0.15, 0.2) is 71.8 Å². The molecule has 4 aromatic rings. The third-order valence-corrected chi connectivity index (χ3v) is 5.97. The summed E-state index contributed by atoms with van der Waals surface area (Å²) in [5.74, 6) is 0.367. The molecule has 2 N–H and O–H groups in total. The van der Waals surface area contributed by atoms with Crippen molar-refractivity contribution in [1.82, 2.24) is 10.4 Å². The molecule has 0 amide bonds. The van der Waals surface area contributed by atoms with E-state index in [4.69, 9.17) is 17.0 Å². The molecule has 0 atom stereocenters. The largest absolute Gasteiger partial charge is 0.573 e. The van der Waals surface area contributed by atoms with Crippen molar-refractivity contribution in [3.8, 4) is 16.7 Å². The van der Waals surface area contributed by atoms with Crippen LogP contribution in [0.5, 0.6) is 16.7 Å². The summed E-state index contributed by atoms with van der Waals surface area (Å²) in [5, 5.41) is 8.09. The van der Waals surface area contributed by atoms with E-state index in [1.54, 1.807) is 6.21 Å². The van der Waals surface area contributed by atoms with Gasteiger partial charge in [0.2, 0.25) is 0 Å². The van der Waals surface area contributed by atoms with E-state index in [9.17, 15) is 13.2 Å². The molecule has 0 spiro atoms. The van der Waals surface area contributed by atoms with Gasteiger partial charge in [0.1, 0.15) is 11.5 Å². The molecule has 0 aliphatic heterocycles. The molecule has 0 aliphatic rings. The molecule has 0 saturated heterocycles. The van der Waals surface area contributed by atoms with Gasteiger partial charge in [-0.05, 0) is 71.7 Å². The number of nitrogens with one attached hydrogen (secondary N) is 2. The lowest BCUT2D eigenvalue weighted by molar-refractivity contribution is -0.274. The Balaban J connectivity index is 1.37. The topological polar surface area (TPSA) is 67.8 Å². The SMILES string of the molecule is CC(C)c1ccccc1NC(=S)NN=Cc1ccc2sc(Oc3ccc(OC(F)(F)F)cc3)nc2c1. The fourth-order valence-corrected chi connectivity index (χ4v) is 4.27. The van der Waals surface area contributed by atoms with E-state index in [0.29, 0.717) is 27.5 Å². The van der Waals surface area contributed by atoms with Crippen molar-refractivity contribution in [2.24, 2.45) is 5.10 Å². The van der Waals surface area contributed by atoms with E-state index in [1.807, 2.05) is 36.4 Å². The zero-order chi connectivity index (χ0) is 25.7. The maximum Gasteiger partial charge on any atom is 0.573 e. The van der Waals surface area contributed by atoms with Gasteiger partial charge in [0.25, 0.3) is 5.19 Å². The van der Waals surface area contributed by atoms with Gasteiger partial charge in [0, 0.05) is 5.69 Å². The fourth-order valence-electron chi connectivity index (χ4n) is 3.29. The quantitative estimate of drug-likeness (QED) is 0.147. The van der Waals surface area contributed by atoms with Gasteiger partial charge in [-0.1, -0.05) is 49.4 Å². The number of rotatable bonds is 7. The summed E-state index contributed by atoms with van der Waals surface area (Å²) in [6, 6.07) is 18.7. The van der Waals surface area contributed by atoms with Crippen molar-refractivity contribution in [3.05, 3.63) is 77.9 Å². The first-order valence-electron chi connectivity index (χ1n) is 10.8. The first-order chi connectivity index (χ1) is 17.2. The molecule has 1 heterocycles. The predicted molar refractivity (Wildman–Crippen MR) is 140 cm³/mol. The molecule has 0 unspecified atom stereocenters. The molecule has 3 aromatic carbocycles. The number of thiazole rings is 1. The molecule has 1 aromatic heterocycles. The highest BCUT2D eigenvalue weighted by atomic mass is 32.1. The second-order valence-corrected chi connectivity index (χ2v) is 9.30. The molecule has 6 nitrogen and oxygen atoms in total. The Morgan fingerprint density at radius 1 is 1.06 bits per heavy atom. The summed E-state index contributed by atoms with van der Waals surface area (Å²) in [5.41, 5.74) is 6.40. The third kappa shape index (κ3) is 6.92. The van der Waals surface area contributed by atoms with Gasteiger partial charge in [-0.2, -0.15) is 5.10 Å². The van der Waals surface area contributed by atoms with Crippen LogP contribution < -0.4 is 20.2 Å². The van der Waals surface area contributed by atoms with Gasteiger partial charge in [-0.25, -0.2) is 4.98 Å². The van der Waals surface area contributed by atoms with E-state index in [0.717, 1.165) is 21.5 Å². The van der Waals surface area contributed by atoms with Crippen molar-refractivity contribution in [1.29, 1.82) is 0 Å². The molecule has 0 saturated carbocycles. The lowest BCUT2D eigenvalue weighted by Gasteiger charge is -2.14. The Hall–Kier alpha value is -3.70. The van der Waals surface area contributed by atoms with Crippen LogP contribution >= 0.6 is 23.6 Å². The van der Waals surface area contributed by atoms with Crippen molar-refractivity contribution in [3.63, 3.8) is 0 Å². The number of benzene rings is 3. The van der Waals surface area contributed by atoms with Crippen LogP contribution in [-0.4, -0.2) is 22.7 Å². The van der Waals surface area contributed by atoms with E-state index < -0.39 is 6.36 Å². The number of fused-ring (bicyclic) bond motifs is 1. The number of ether oxygens (including phenoxy) is 2. The molecule has 186 valence electrons. The number of halogens is 3. The summed E-state index contributed by atoms with van der Waals surface area (Å²) >= 11 is 6.66. The van der Waals surface area contributed by atoms with E-state index in [2.05, 4.69) is 45.5 Å². The van der Waals surface area contributed by atoms with Crippen LogP contribution in [0.1, 0.15) is 30.9 Å². The molecule has 0 radical (unpaired) electrons. The van der Waals surface area contributed by atoms with Crippen molar-refractivity contribution < 1.29 is 22.6 Å². The van der Waals surface area contributed by atoms with Gasteiger partial charge >= 0.3 is 6.36 Å². The maximum atomic E-state index is 12.3. The number of anilines is 1. The number of hydrogen-bond acceptors (Lipinski definition) is 6. The number of alkyl halides is 3. The first-order valence-corrected chi connectivity index (χ1v) is 12.0. The Bertz CT molecular complexity index is 1390. The van der Waals surface area contributed by atoms with Crippen LogP contribution in [0.4, 0.5) is 18.9 Å². The molecule has 36 heavy (non-hydrogen) atoms. The minimum Gasteiger partial charge on any atom is -0.431 e. The average Bonchev–Trinajstić information content (AvgIpc) is 3.21.